The zero-order valence-corrected chi connectivity index (χ0v) is 19.2. The summed E-state index contributed by atoms with van der Waals surface area (Å²) in [5.41, 5.74) is 1.55. The lowest BCUT2D eigenvalue weighted by molar-refractivity contribution is -0.133. The summed E-state index contributed by atoms with van der Waals surface area (Å²) in [6, 6.07) is 9.41. The van der Waals surface area contributed by atoms with Gasteiger partial charge in [-0.25, -0.2) is 4.79 Å². The van der Waals surface area contributed by atoms with Gasteiger partial charge in [0.15, 0.2) is 0 Å². The number of fused-ring (bicyclic) bond motifs is 1. The summed E-state index contributed by atoms with van der Waals surface area (Å²) in [5, 5.41) is 0.866. The van der Waals surface area contributed by atoms with Gasteiger partial charge in [0, 0.05) is 61.0 Å². The van der Waals surface area contributed by atoms with E-state index in [4.69, 9.17) is 20.8 Å². The molecule has 0 saturated carbocycles. The minimum Gasteiger partial charge on any atom is -0.497 e. The number of carbonyl (C=O) groups is 1. The smallest absolute Gasteiger partial charge is 0.339 e. The van der Waals surface area contributed by atoms with E-state index in [1.165, 1.54) is 4.88 Å². The predicted molar refractivity (Wildman–Crippen MR) is 123 cm³/mol. The van der Waals surface area contributed by atoms with Gasteiger partial charge >= 0.3 is 5.63 Å². The Morgan fingerprint density at radius 3 is 2.65 bits per heavy atom. The lowest BCUT2D eigenvalue weighted by Crippen LogP contribution is -2.48. The summed E-state index contributed by atoms with van der Waals surface area (Å²) in [6.45, 7) is 5.83. The molecule has 1 amide bonds. The van der Waals surface area contributed by atoms with E-state index in [1.807, 2.05) is 30.0 Å². The normalized spacial score (nSPS) is 14.9. The maximum atomic E-state index is 12.8. The zero-order valence-electron chi connectivity index (χ0n) is 17.7. The highest BCUT2D eigenvalue weighted by atomic mass is 35.5. The topological polar surface area (TPSA) is 63.0 Å². The molecule has 4 rings (SSSR count). The third-order valence-electron chi connectivity index (χ3n) is 5.82. The number of thiophene rings is 1. The fourth-order valence-corrected chi connectivity index (χ4v) is 5.12. The van der Waals surface area contributed by atoms with E-state index in [0.29, 0.717) is 42.8 Å². The Morgan fingerprint density at radius 1 is 1.19 bits per heavy atom. The van der Waals surface area contributed by atoms with Crippen molar-refractivity contribution < 1.29 is 13.9 Å². The summed E-state index contributed by atoms with van der Waals surface area (Å²) in [5.74, 6) is 0.715. The quantitative estimate of drug-likeness (QED) is 0.518. The molecule has 0 unspecified atom stereocenters. The molecule has 1 fully saturated rings. The number of benzene rings is 1. The number of nitrogens with zero attached hydrogens (tertiary/aromatic N) is 2. The molecule has 8 heteroatoms. The summed E-state index contributed by atoms with van der Waals surface area (Å²) in [4.78, 5) is 30.7. The zero-order chi connectivity index (χ0) is 22.0. The van der Waals surface area contributed by atoms with Gasteiger partial charge in [-0.1, -0.05) is 11.6 Å². The summed E-state index contributed by atoms with van der Waals surface area (Å²) < 4.78 is 11.5. The van der Waals surface area contributed by atoms with Gasteiger partial charge in [0.2, 0.25) is 5.91 Å². The highest BCUT2D eigenvalue weighted by molar-refractivity contribution is 7.16. The number of hydrogen-bond acceptors (Lipinski definition) is 6. The number of halogens is 1. The molecule has 6 nitrogen and oxygen atoms in total. The molecule has 0 spiro atoms. The van der Waals surface area contributed by atoms with E-state index in [9.17, 15) is 9.59 Å². The molecule has 0 N–H and O–H groups in total. The minimum absolute atomic E-state index is 0.0763. The van der Waals surface area contributed by atoms with Crippen molar-refractivity contribution in [2.75, 3.05) is 33.3 Å². The van der Waals surface area contributed by atoms with Crippen LogP contribution in [-0.2, 0) is 17.8 Å². The molecule has 1 saturated heterocycles. The van der Waals surface area contributed by atoms with Crippen LogP contribution < -0.4 is 10.4 Å². The molecule has 0 bridgehead atoms. The molecule has 3 heterocycles. The Bertz CT molecular complexity index is 1150. The first-order chi connectivity index (χ1) is 14.9. The molecule has 0 atom stereocenters. The first-order valence-corrected chi connectivity index (χ1v) is 11.5. The van der Waals surface area contributed by atoms with Gasteiger partial charge in [0.1, 0.15) is 11.3 Å². The first-order valence-electron chi connectivity index (χ1n) is 10.3. The van der Waals surface area contributed by atoms with Gasteiger partial charge in [0.05, 0.1) is 11.4 Å². The van der Waals surface area contributed by atoms with Crippen LogP contribution in [0.4, 0.5) is 0 Å². The van der Waals surface area contributed by atoms with Gasteiger partial charge in [-0.3, -0.25) is 9.69 Å². The van der Waals surface area contributed by atoms with Crippen molar-refractivity contribution in [3.05, 3.63) is 61.1 Å². The van der Waals surface area contributed by atoms with E-state index in [0.717, 1.165) is 34.9 Å². The molecule has 2 aromatic heterocycles. The molecule has 31 heavy (non-hydrogen) atoms. The second-order valence-electron chi connectivity index (χ2n) is 7.72. The van der Waals surface area contributed by atoms with Gasteiger partial charge < -0.3 is 14.1 Å². The van der Waals surface area contributed by atoms with Crippen LogP contribution >= 0.6 is 22.9 Å². The molecule has 1 aliphatic rings. The molecular weight excluding hydrogens is 436 g/mol. The third kappa shape index (κ3) is 4.95. The summed E-state index contributed by atoms with van der Waals surface area (Å²) in [7, 11) is 1.57. The van der Waals surface area contributed by atoms with Crippen molar-refractivity contribution in [1.82, 2.24) is 9.80 Å². The van der Waals surface area contributed by atoms with E-state index >= 15 is 0 Å². The van der Waals surface area contributed by atoms with Gasteiger partial charge in [-0.2, -0.15) is 0 Å². The fourth-order valence-electron chi connectivity index (χ4n) is 3.99. The van der Waals surface area contributed by atoms with Gasteiger partial charge in [0.25, 0.3) is 0 Å². The van der Waals surface area contributed by atoms with Crippen LogP contribution in [0.2, 0.25) is 4.34 Å². The SMILES string of the molecule is COc1ccc2c(C)c(CCC(=O)N3CCN(Cc4ccc(Cl)s4)CC3)c(=O)oc2c1. The minimum atomic E-state index is -0.384. The van der Waals surface area contributed by atoms with E-state index in [1.54, 1.807) is 24.5 Å². The number of ether oxygens (including phenoxy) is 1. The summed E-state index contributed by atoms with van der Waals surface area (Å²) >= 11 is 7.61. The highest BCUT2D eigenvalue weighted by Crippen LogP contribution is 2.25. The number of methoxy groups -OCH3 is 1. The molecule has 3 aromatic rings. The predicted octanol–water partition coefficient (Wildman–Crippen LogP) is 4.10. The number of hydrogen-bond donors (Lipinski definition) is 0. The largest absolute Gasteiger partial charge is 0.497 e. The lowest BCUT2D eigenvalue weighted by atomic mass is 10.0. The molecular formula is C23H25ClN2O4S. The second kappa shape index (κ2) is 9.42. The summed E-state index contributed by atoms with van der Waals surface area (Å²) in [6.07, 6.45) is 0.677. The molecule has 0 radical (unpaired) electrons. The Kier molecular flexibility index (Phi) is 6.65. The molecule has 1 aromatic carbocycles. The van der Waals surface area contributed by atoms with Crippen LogP contribution in [0.5, 0.6) is 5.75 Å². The van der Waals surface area contributed by atoms with Crippen LogP contribution in [0.15, 0.2) is 39.5 Å². The van der Waals surface area contributed by atoms with Crippen molar-refractivity contribution in [3.63, 3.8) is 0 Å². The lowest BCUT2D eigenvalue weighted by Gasteiger charge is -2.34. The number of carbonyl (C=O) groups excluding carboxylic acids is 1. The Labute approximate surface area is 190 Å². The second-order valence-corrected chi connectivity index (χ2v) is 9.52. The monoisotopic (exact) mass is 460 g/mol. The van der Waals surface area contributed by atoms with Crippen LogP contribution in [0.1, 0.15) is 22.4 Å². The maximum absolute atomic E-state index is 12.8. The Hall–Kier alpha value is -2.35. The number of rotatable bonds is 6. The highest BCUT2D eigenvalue weighted by Gasteiger charge is 2.22. The number of piperazine rings is 1. The number of aryl methyl sites for hydroxylation is 1. The molecule has 164 valence electrons. The van der Waals surface area contributed by atoms with Crippen LogP contribution in [0.25, 0.3) is 11.0 Å². The van der Waals surface area contributed by atoms with Crippen molar-refractivity contribution in [2.24, 2.45) is 0 Å². The maximum Gasteiger partial charge on any atom is 0.339 e. The third-order valence-corrected chi connectivity index (χ3v) is 7.03. The molecule has 1 aliphatic heterocycles. The van der Waals surface area contributed by atoms with Crippen LogP contribution in [-0.4, -0.2) is 49.0 Å². The fraction of sp³-hybridized carbons (Fsp3) is 0.391. The van der Waals surface area contributed by atoms with Crippen LogP contribution in [0.3, 0.4) is 0 Å². The van der Waals surface area contributed by atoms with E-state index in [-0.39, 0.29) is 11.5 Å². The van der Waals surface area contributed by atoms with E-state index in [2.05, 4.69) is 11.0 Å². The first kappa shape index (κ1) is 21.9. The van der Waals surface area contributed by atoms with Crippen molar-refractivity contribution in [3.8, 4) is 5.75 Å². The van der Waals surface area contributed by atoms with Gasteiger partial charge in [-0.15, -0.1) is 11.3 Å². The van der Waals surface area contributed by atoms with Crippen molar-refractivity contribution in [1.29, 1.82) is 0 Å². The standard InChI is InChI=1S/C23H25ClN2O4S/c1-15-18-5-3-16(29-2)13-20(18)30-23(28)19(15)6-8-22(27)26-11-9-25(10-12-26)14-17-4-7-21(24)31-17/h3-5,7,13H,6,8-12,14H2,1-2H3. The van der Waals surface area contributed by atoms with Crippen LogP contribution in [0, 0.1) is 6.92 Å². The average Bonchev–Trinajstić information content (AvgIpc) is 3.18. The Morgan fingerprint density at radius 2 is 1.97 bits per heavy atom. The average molecular weight is 461 g/mol. The number of amides is 1. The Balaban J connectivity index is 1.35. The van der Waals surface area contributed by atoms with Gasteiger partial charge in [-0.05, 0) is 43.2 Å². The van der Waals surface area contributed by atoms with E-state index < -0.39 is 0 Å². The van der Waals surface area contributed by atoms with Crippen molar-refractivity contribution >= 4 is 39.8 Å². The molecule has 0 aliphatic carbocycles. The van der Waals surface area contributed by atoms with Crippen molar-refractivity contribution in [2.45, 2.75) is 26.3 Å².